The molecule has 1 aromatic carbocycles. The zero-order valence-electron chi connectivity index (χ0n) is 10.8. The number of benzene rings is 1. The summed E-state index contributed by atoms with van der Waals surface area (Å²) in [4.78, 5) is 24.0. The van der Waals surface area contributed by atoms with Crippen LogP contribution in [0.5, 0.6) is 0 Å². The molecule has 1 amide bonds. The third-order valence-electron chi connectivity index (χ3n) is 3.50. The van der Waals surface area contributed by atoms with Gasteiger partial charge in [-0.25, -0.2) is 0 Å². The average molecular weight is 255 g/mol. The molecule has 3 heteroatoms. The highest BCUT2D eigenvalue weighted by atomic mass is 16.2. The van der Waals surface area contributed by atoms with E-state index in [0.717, 1.165) is 5.56 Å². The number of Topliss-reactive ketones (excluding diaryl/α,β-unsaturated/α-hetero) is 1. The second-order valence-electron chi connectivity index (χ2n) is 4.76. The monoisotopic (exact) mass is 255 g/mol. The number of amides is 1. The predicted molar refractivity (Wildman–Crippen MR) is 73.4 cm³/mol. The van der Waals surface area contributed by atoms with Crippen molar-refractivity contribution in [3.63, 3.8) is 0 Å². The molecule has 98 valence electrons. The van der Waals surface area contributed by atoms with Gasteiger partial charge in [0.05, 0.1) is 0 Å². The number of carbonyl (C=O) groups excluding carboxylic acids is 2. The maximum atomic E-state index is 12.2. The molecule has 1 saturated heterocycles. The van der Waals surface area contributed by atoms with E-state index in [1.54, 1.807) is 0 Å². The minimum Gasteiger partial charge on any atom is -0.355 e. The summed E-state index contributed by atoms with van der Waals surface area (Å²) in [6, 6.07) is 9.72. The van der Waals surface area contributed by atoms with Crippen molar-refractivity contribution in [2.75, 3.05) is 6.54 Å². The minimum absolute atomic E-state index is 0.000830. The SMILES string of the molecule is C#CCCCC(=O)[C@H]1C(=O)NC[C@@H]1c1ccccc1. The van der Waals surface area contributed by atoms with E-state index in [0.29, 0.717) is 25.8 Å². The van der Waals surface area contributed by atoms with Crippen molar-refractivity contribution >= 4 is 11.7 Å². The fraction of sp³-hybridized carbons (Fsp3) is 0.375. The van der Waals surface area contributed by atoms with Crippen LogP contribution in [0.3, 0.4) is 0 Å². The van der Waals surface area contributed by atoms with Gasteiger partial charge in [-0.3, -0.25) is 9.59 Å². The Hall–Kier alpha value is -2.08. The van der Waals surface area contributed by atoms with Crippen LogP contribution >= 0.6 is 0 Å². The number of ketones is 1. The maximum absolute atomic E-state index is 12.2. The lowest BCUT2D eigenvalue weighted by molar-refractivity contribution is -0.132. The van der Waals surface area contributed by atoms with Crippen LogP contribution in [0.25, 0.3) is 0 Å². The van der Waals surface area contributed by atoms with Crippen LogP contribution in [0, 0.1) is 18.3 Å². The van der Waals surface area contributed by atoms with Gasteiger partial charge in [-0.1, -0.05) is 30.3 Å². The molecule has 1 aliphatic rings. The van der Waals surface area contributed by atoms with E-state index in [1.165, 1.54) is 0 Å². The first-order chi connectivity index (χ1) is 9.24. The number of carbonyl (C=O) groups is 2. The average Bonchev–Trinajstić information content (AvgIpc) is 2.82. The first-order valence-electron chi connectivity index (χ1n) is 6.53. The van der Waals surface area contributed by atoms with Crippen LogP contribution in [-0.2, 0) is 9.59 Å². The number of terminal acetylenes is 1. The molecule has 2 atom stereocenters. The molecule has 0 bridgehead atoms. The Morgan fingerprint density at radius 2 is 2.11 bits per heavy atom. The topological polar surface area (TPSA) is 46.2 Å². The number of nitrogens with one attached hydrogen (secondary N) is 1. The van der Waals surface area contributed by atoms with Gasteiger partial charge in [0.2, 0.25) is 5.91 Å². The quantitative estimate of drug-likeness (QED) is 0.496. The summed E-state index contributed by atoms with van der Waals surface area (Å²) >= 11 is 0. The third kappa shape index (κ3) is 3.03. The highest BCUT2D eigenvalue weighted by Crippen LogP contribution is 2.30. The van der Waals surface area contributed by atoms with Crippen molar-refractivity contribution in [2.24, 2.45) is 5.92 Å². The van der Waals surface area contributed by atoms with Gasteiger partial charge in [-0.15, -0.1) is 12.3 Å². The molecule has 0 spiro atoms. The van der Waals surface area contributed by atoms with E-state index < -0.39 is 5.92 Å². The smallest absolute Gasteiger partial charge is 0.231 e. The van der Waals surface area contributed by atoms with Crippen LogP contribution in [0.2, 0.25) is 0 Å². The molecular weight excluding hydrogens is 238 g/mol. The Kier molecular flexibility index (Phi) is 4.35. The molecule has 1 aliphatic heterocycles. The summed E-state index contributed by atoms with van der Waals surface area (Å²) in [5.41, 5.74) is 1.04. The number of rotatable bonds is 5. The van der Waals surface area contributed by atoms with Gasteiger partial charge in [0.1, 0.15) is 11.7 Å². The van der Waals surface area contributed by atoms with E-state index in [4.69, 9.17) is 6.42 Å². The number of unbranched alkanes of at least 4 members (excludes halogenated alkanes) is 1. The van der Waals surface area contributed by atoms with Crippen LogP contribution in [0.4, 0.5) is 0 Å². The lowest BCUT2D eigenvalue weighted by atomic mass is 9.84. The van der Waals surface area contributed by atoms with Gasteiger partial charge in [-0.2, -0.15) is 0 Å². The summed E-state index contributed by atoms with van der Waals surface area (Å²) in [6.45, 7) is 0.536. The van der Waals surface area contributed by atoms with Gasteiger partial charge < -0.3 is 5.32 Å². The Labute approximate surface area is 113 Å². The summed E-state index contributed by atoms with van der Waals surface area (Å²) in [5, 5.41) is 2.79. The van der Waals surface area contributed by atoms with Gasteiger partial charge in [0, 0.05) is 25.3 Å². The molecule has 0 unspecified atom stereocenters. The largest absolute Gasteiger partial charge is 0.355 e. The fourth-order valence-electron chi connectivity index (χ4n) is 2.52. The van der Waals surface area contributed by atoms with Crippen molar-refractivity contribution in [1.82, 2.24) is 5.32 Å². The molecule has 2 rings (SSSR count). The molecule has 0 aromatic heterocycles. The van der Waals surface area contributed by atoms with Crippen molar-refractivity contribution in [3.8, 4) is 12.3 Å². The van der Waals surface area contributed by atoms with Crippen LogP contribution in [0.15, 0.2) is 30.3 Å². The highest BCUT2D eigenvalue weighted by molar-refractivity contribution is 6.03. The Morgan fingerprint density at radius 1 is 1.37 bits per heavy atom. The minimum atomic E-state index is -0.555. The highest BCUT2D eigenvalue weighted by Gasteiger charge is 2.39. The molecule has 1 fully saturated rings. The molecule has 1 heterocycles. The van der Waals surface area contributed by atoms with Crippen molar-refractivity contribution in [1.29, 1.82) is 0 Å². The normalized spacial score (nSPS) is 21.7. The van der Waals surface area contributed by atoms with Gasteiger partial charge in [0.25, 0.3) is 0 Å². The molecular formula is C16H17NO2. The van der Waals surface area contributed by atoms with E-state index in [9.17, 15) is 9.59 Å². The van der Waals surface area contributed by atoms with Crippen molar-refractivity contribution < 1.29 is 9.59 Å². The van der Waals surface area contributed by atoms with E-state index in [-0.39, 0.29) is 17.6 Å². The van der Waals surface area contributed by atoms with Gasteiger partial charge >= 0.3 is 0 Å². The summed E-state index contributed by atoms with van der Waals surface area (Å²) in [7, 11) is 0. The molecule has 1 N–H and O–H groups in total. The summed E-state index contributed by atoms with van der Waals surface area (Å²) < 4.78 is 0. The van der Waals surface area contributed by atoms with Crippen LogP contribution in [0.1, 0.15) is 30.7 Å². The first-order valence-corrected chi connectivity index (χ1v) is 6.53. The second kappa shape index (κ2) is 6.19. The Balaban J connectivity index is 2.10. The van der Waals surface area contributed by atoms with Crippen LogP contribution in [-0.4, -0.2) is 18.2 Å². The van der Waals surface area contributed by atoms with Crippen LogP contribution < -0.4 is 5.32 Å². The molecule has 0 radical (unpaired) electrons. The van der Waals surface area contributed by atoms with Gasteiger partial charge in [-0.05, 0) is 12.0 Å². The maximum Gasteiger partial charge on any atom is 0.231 e. The summed E-state index contributed by atoms with van der Waals surface area (Å²) in [5.74, 6) is 1.76. The lowest BCUT2D eigenvalue weighted by Gasteiger charge is -2.15. The molecule has 0 saturated carbocycles. The van der Waals surface area contributed by atoms with Gasteiger partial charge in [0.15, 0.2) is 0 Å². The zero-order chi connectivity index (χ0) is 13.7. The van der Waals surface area contributed by atoms with E-state index in [1.807, 2.05) is 30.3 Å². The molecule has 3 nitrogen and oxygen atoms in total. The predicted octanol–water partition coefficient (Wildman–Crippen LogP) is 1.89. The van der Waals surface area contributed by atoms with E-state index in [2.05, 4.69) is 11.2 Å². The van der Waals surface area contributed by atoms with E-state index >= 15 is 0 Å². The molecule has 19 heavy (non-hydrogen) atoms. The second-order valence-corrected chi connectivity index (χ2v) is 4.76. The summed E-state index contributed by atoms with van der Waals surface area (Å²) in [6.07, 6.45) is 6.79. The molecule has 0 aliphatic carbocycles. The van der Waals surface area contributed by atoms with Crippen molar-refractivity contribution in [2.45, 2.75) is 25.2 Å². The fourth-order valence-corrected chi connectivity index (χ4v) is 2.52. The molecule has 1 aromatic rings. The Bertz CT molecular complexity index is 501. The third-order valence-corrected chi connectivity index (χ3v) is 3.50. The van der Waals surface area contributed by atoms with Crippen molar-refractivity contribution in [3.05, 3.63) is 35.9 Å². The zero-order valence-corrected chi connectivity index (χ0v) is 10.8. The first kappa shape index (κ1) is 13.4. The lowest BCUT2D eigenvalue weighted by Crippen LogP contribution is -2.27. The number of hydrogen-bond acceptors (Lipinski definition) is 2. The Morgan fingerprint density at radius 3 is 2.79 bits per heavy atom. The standard InChI is InChI=1S/C16H17NO2/c1-2-3-5-10-14(18)15-13(11-17-16(15)19)12-8-6-4-7-9-12/h1,4,6-9,13,15H,3,5,10-11H2,(H,17,19)/t13-,15+/m1/s1. The number of hydrogen-bond donors (Lipinski definition) is 1.